The summed E-state index contributed by atoms with van der Waals surface area (Å²) in [4.78, 5) is 11.7. The van der Waals surface area contributed by atoms with E-state index in [-0.39, 0.29) is 12.5 Å². The number of carbonyl (C=O) groups excluding carboxylic acids is 1. The number of halogens is 1. The monoisotopic (exact) mass is 289 g/mol. The van der Waals surface area contributed by atoms with Crippen LogP contribution in [0.3, 0.4) is 0 Å². The molecule has 0 bridgehead atoms. The Kier molecular flexibility index (Phi) is 4.90. The Morgan fingerprint density at radius 3 is 2.76 bits per heavy atom. The van der Waals surface area contributed by atoms with Crippen LogP contribution < -0.4 is 10.1 Å². The van der Waals surface area contributed by atoms with Crippen LogP contribution in [0.2, 0.25) is 0 Å². The number of aliphatic hydroxyl groups excluding tert-OH is 1. The van der Waals surface area contributed by atoms with Crippen LogP contribution in [0.4, 0.5) is 10.1 Å². The lowest BCUT2D eigenvalue weighted by Gasteiger charge is -2.10. The van der Waals surface area contributed by atoms with Crippen LogP contribution in [0.15, 0.2) is 48.5 Å². The van der Waals surface area contributed by atoms with E-state index in [2.05, 4.69) is 5.32 Å². The van der Waals surface area contributed by atoms with E-state index in [1.807, 2.05) is 0 Å². The predicted molar refractivity (Wildman–Crippen MR) is 77.6 cm³/mol. The molecule has 1 amide bonds. The normalized spacial score (nSPS) is 11.8. The summed E-state index contributed by atoms with van der Waals surface area (Å²) in [6, 6.07) is 12.5. The average Bonchev–Trinajstić information content (AvgIpc) is 2.45. The SMILES string of the molecule is C[C@@H](O)c1cccc(OCC(=O)Nc2cccc(F)c2)c1. The molecule has 110 valence electrons. The highest BCUT2D eigenvalue weighted by Gasteiger charge is 2.06. The molecule has 2 aromatic carbocycles. The number of hydrogen-bond donors (Lipinski definition) is 2. The van der Waals surface area contributed by atoms with Gasteiger partial charge in [0.15, 0.2) is 6.61 Å². The van der Waals surface area contributed by atoms with Crippen molar-refractivity contribution in [2.24, 2.45) is 0 Å². The van der Waals surface area contributed by atoms with Crippen LogP contribution in [0.25, 0.3) is 0 Å². The molecule has 0 spiro atoms. The van der Waals surface area contributed by atoms with E-state index in [9.17, 15) is 14.3 Å². The Hall–Kier alpha value is -2.40. The maximum Gasteiger partial charge on any atom is 0.262 e. The van der Waals surface area contributed by atoms with E-state index < -0.39 is 11.9 Å². The minimum atomic E-state index is -0.602. The molecule has 0 saturated heterocycles. The average molecular weight is 289 g/mol. The number of hydrogen-bond acceptors (Lipinski definition) is 3. The summed E-state index contributed by atoms with van der Waals surface area (Å²) in [7, 11) is 0. The minimum Gasteiger partial charge on any atom is -0.484 e. The highest BCUT2D eigenvalue weighted by molar-refractivity contribution is 5.91. The van der Waals surface area contributed by atoms with Crippen molar-refractivity contribution in [2.75, 3.05) is 11.9 Å². The molecular weight excluding hydrogens is 273 g/mol. The number of rotatable bonds is 5. The number of carbonyl (C=O) groups is 1. The van der Waals surface area contributed by atoms with Gasteiger partial charge in [0, 0.05) is 5.69 Å². The molecule has 0 radical (unpaired) electrons. The van der Waals surface area contributed by atoms with Crippen molar-refractivity contribution in [3.8, 4) is 5.75 Å². The second kappa shape index (κ2) is 6.85. The van der Waals surface area contributed by atoms with E-state index >= 15 is 0 Å². The molecule has 5 heteroatoms. The van der Waals surface area contributed by atoms with Crippen molar-refractivity contribution in [2.45, 2.75) is 13.0 Å². The highest BCUT2D eigenvalue weighted by Crippen LogP contribution is 2.18. The zero-order valence-corrected chi connectivity index (χ0v) is 11.5. The van der Waals surface area contributed by atoms with Gasteiger partial charge in [-0.3, -0.25) is 4.79 Å². The minimum absolute atomic E-state index is 0.195. The molecule has 2 N–H and O–H groups in total. The lowest BCUT2D eigenvalue weighted by atomic mass is 10.1. The van der Waals surface area contributed by atoms with Gasteiger partial charge in [-0.15, -0.1) is 0 Å². The number of aliphatic hydroxyl groups is 1. The second-order valence-corrected chi connectivity index (χ2v) is 4.60. The van der Waals surface area contributed by atoms with Gasteiger partial charge < -0.3 is 15.2 Å². The molecule has 0 fully saturated rings. The molecule has 0 aromatic heterocycles. The fraction of sp³-hybridized carbons (Fsp3) is 0.188. The van der Waals surface area contributed by atoms with Gasteiger partial charge in [0.1, 0.15) is 11.6 Å². The number of nitrogens with one attached hydrogen (secondary N) is 1. The molecule has 0 unspecified atom stereocenters. The first kappa shape index (κ1) is 15.0. The van der Waals surface area contributed by atoms with Gasteiger partial charge in [0.25, 0.3) is 5.91 Å². The predicted octanol–water partition coefficient (Wildman–Crippen LogP) is 2.90. The van der Waals surface area contributed by atoms with Crippen molar-refractivity contribution >= 4 is 11.6 Å². The maximum absolute atomic E-state index is 13.0. The Morgan fingerprint density at radius 2 is 2.05 bits per heavy atom. The number of benzene rings is 2. The highest BCUT2D eigenvalue weighted by atomic mass is 19.1. The molecular formula is C16H16FNO3. The summed E-state index contributed by atoms with van der Waals surface area (Å²) >= 11 is 0. The first-order valence-corrected chi connectivity index (χ1v) is 6.51. The van der Waals surface area contributed by atoms with Crippen molar-refractivity contribution in [1.82, 2.24) is 0 Å². The third-order valence-corrected chi connectivity index (χ3v) is 2.82. The molecule has 0 saturated carbocycles. The summed E-state index contributed by atoms with van der Waals surface area (Å²) in [6.45, 7) is 1.45. The Labute approximate surface area is 122 Å². The van der Waals surface area contributed by atoms with E-state index in [1.54, 1.807) is 37.3 Å². The summed E-state index contributed by atoms with van der Waals surface area (Å²) in [5.41, 5.74) is 1.08. The molecule has 0 heterocycles. The van der Waals surface area contributed by atoms with Crippen LogP contribution in [0, 0.1) is 5.82 Å². The summed E-state index contributed by atoms with van der Waals surface area (Å²) in [5, 5.41) is 12.0. The first-order valence-electron chi connectivity index (χ1n) is 6.51. The third kappa shape index (κ3) is 4.57. The van der Waals surface area contributed by atoms with Gasteiger partial charge in [-0.2, -0.15) is 0 Å². The molecule has 1 atom stereocenters. The van der Waals surface area contributed by atoms with Crippen molar-refractivity contribution < 1.29 is 19.0 Å². The molecule has 21 heavy (non-hydrogen) atoms. The third-order valence-electron chi connectivity index (χ3n) is 2.82. The van der Waals surface area contributed by atoms with E-state index in [4.69, 9.17) is 4.74 Å². The Morgan fingerprint density at radius 1 is 1.29 bits per heavy atom. The molecule has 2 rings (SSSR count). The van der Waals surface area contributed by atoms with E-state index in [0.29, 0.717) is 17.0 Å². The number of ether oxygens (including phenoxy) is 1. The van der Waals surface area contributed by atoms with E-state index in [0.717, 1.165) is 0 Å². The number of amides is 1. The lowest BCUT2D eigenvalue weighted by Crippen LogP contribution is -2.20. The quantitative estimate of drug-likeness (QED) is 0.889. The largest absolute Gasteiger partial charge is 0.484 e. The van der Waals surface area contributed by atoms with Gasteiger partial charge in [-0.25, -0.2) is 4.39 Å². The van der Waals surface area contributed by atoms with Crippen LogP contribution in [-0.2, 0) is 4.79 Å². The summed E-state index contributed by atoms with van der Waals surface area (Å²) in [6.07, 6.45) is -0.602. The number of anilines is 1. The standard InChI is InChI=1S/C16H16FNO3/c1-11(19)12-4-2-7-15(8-12)21-10-16(20)18-14-6-3-5-13(17)9-14/h2-9,11,19H,10H2,1H3,(H,18,20)/t11-/m1/s1. The summed E-state index contributed by atoms with van der Waals surface area (Å²) in [5.74, 6) is -0.316. The van der Waals surface area contributed by atoms with Gasteiger partial charge in [0.2, 0.25) is 0 Å². The van der Waals surface area contributed by atoms with Crippen LogP contribution in [0.5, 0.6) is 5.75 Å². The molecule has 4 nitrogen and oxygen atoms in total. The maximum atomic E-state index is 13.0. The van der Waals surface area contributed by atoms with Gasteiger partial charge in [-0.05, 0) is 42.8 Å². The molecule has 0 aliphatic rings. The first-order chi connectivity index (χ1) is 10.0. The van der Waals surface area contributed by atoms with Gasteiger partial charge >= 0.3 is 0 Å². The van der Waals surface area contributed by atoms with Crippen LogP contribution in [-0.4, -0.2) is 17.6 Å². The Bertz CT molecular complexity index is 628. The van der Waals surface area contributed by atoms with E-state index in [1.165, 1.54) is 18.2 Å². The molecule has 0 aliphatic heterocycles. The van der Waals surface area contributed by atoms with Crippen molar-refractivity contribution in [3.63, 3.8) is 0 Å². The second-order valence-electron chi connectivity index (χ2n) is 4.60. The van der Waals surface area contributed by atoms with Crippen LogP contribution >= 0.6 is 0 Å². The zero-order valence-electron chi connectivity index (χ0n) is 11.5. The Balaban J connectivity index is 1.90. The lowest BCUT2D eigenvalue weighted by molar-refractivity contribution is -0.118. The smallest absolute Gasteiger partial charge is 0.262 e. The van der Waals surface area contributed by atoms with Crippen molar-refractivity contribution in [1.29, 1.82) is 0 Å². The zero-order chi connectivity index (χ0) is 15.2. The summed E-state index contributed by atoms with van der Waals surface area (Å²) < 4.78 is 18.3. The van der Waals surface area contributed by atoms with Crippen LogP contribution in [0.1, 0.15) is 18.6 Å². The fourth-order valence-corrected chi connectivity index (χ4v) is 1.78. The van der Waals surface area contributed by atoms with Gasteiger partial charge in [0.05, 0.1) is 6.10 Å². The molecule has 2 aromatic rings. The topological polar surface area (TPSA) is 58.6 Å². The fourth-order valence-electron chi connectivity index (χ4n) is 1.78. The van der Waals surface area contributed by atoms with Crippen molar-refractivity contribution in [3.05, 3.63) is 59.9 Å². The van der Waals surface area contributed by atoms with Gasteiger partial charge in [-0.1, -0.05) is 18.2 Å². The molecule has 0 aliphatic carbocycles.